The molecule has 0 fully saturated rings. The number of hydrogen-bond donors (Lipinski definition) is 2. The number of aromatic nitrogens is 2. The number of nitriles is 2. The number of nitrogens with one attached hydrogen (secondary N) is 1. The molecule has 0 radical (unpaired) electrons. The molecule has 0 saturated carbocycles. The number of phenolic OH excluding ortho intramolecular Hbond substituents is 1. The van der Waals surface area contributed by atoms with E-state index in [9.17, 15) is 5.11 Å². The molecule has 22 heavy (non-hydrogen) atoms. The van der Waals surface area contributed by atoms with Crippen LogP contribution >= 0.6 is 0 Å². The van der Waals surface area contributed by atoms with Gasteiger partial charge in [-0.25, -0.2) is 0 Å². The summed E-state index contributed by atoms with van der Waals surface area (Å²) in [6, 6.07) is 14.3. The van der Waals surface area contributed by atoms with Gasteiger partial charge in [0.15, 0.2) is 11.4 Å². The summed E-state index contributed by atoms with van der Waals surface area (Å²) in [5, 5.41) is 37.1. The highest BCUT2D eigenvalue weighted by molar-refractivity contribution is 5.95. The Morgan fingerprint density at radius 2 is 1.86 bits per heavy atom. The van der Waals surface area contributed by atoms with Gasteiger partial charge in [-0.15, -0.1) is 10.2 Å². The Kier molecular flexibility index (Phi) is 3.23. The summed E-state index contributed by atoms with van der Waals surface area (Å²) in [4.78, 5) is 6.43. The van der Waals surface area contributed by atoms with Crippen LogP contribution in [0.2, 0.25) is 0 Å². The molecule has 0 spiro atoms. The zero-order chi connectivity index (χ0) is 15.5. The molecule has 7 nitrogen and oxygen atoms in total. The van der Waals surface area contributed by atoms with Crippen molar-refractivity contribution in [3.05, 3.63) is 47.8 Å². The maximum Gasteiger partial charge on any atom is 0.249 e. The smallest absolute Gasteiger partial charge is 0.249 e. The average Bonchev–Trinajstić information content (AvgIpc) is 2.96. The summed E-state index contributed by atoms with van der Waals surface area (Å²) in [6.45, 7) is 0. The molecule has 1 heterocycles. The fraction of sp³-hybridized carbons (Fsp3) is 0. The number of aromatic amines is 1. The van der Waals surface area contributed by atoms with Crippen LogP contribution in [-0.4, -0.2) is 15.1 Å². The van der Waals surface area contributed by atoms with Crippen molar-refractivity contribution >= 4 is 22.4 Å². The molecule has 0 bridgehead atoms. The molecule has 104 valence electrons. The minimum Gasteiger partial charge on any atom is -0.506 e. The van der Waals surface area contributed by atoms with Crippen molar-refractivity contribution in [1.29, 1.82) is 10.5 Å². The van der Waals surface area contributed by atoms with E-state index in [1.54, 1.807) is 12.1 Å². The summed E-state index contributed by atoms with van der Waals surface area (Å²) in [6.07, 6.45) is 0. The third kappa shape index (κ3) is 2.23. The summed E-state index contributed by atoms with van der Waals surface area (Å²) in [5.41, 5.74) is 0.281. The van der Waals surface area contributed by atoms with Crippen LogP contribution in [0, 0.1) is 22.7 Å². The van der Waals surface area contributed by atoms with Crippen molar-refractivity contribution in [3.8, 4) is 17.9 Å². The molecule has 2 N–H and O–H groups in total. The molecule has 0 aliphatic heterocycles. The summed E-state index contributed by atoms with van der Waals surface area (Å²) >= 11 is 0. The van der Waals surface area contributed by atoms with Crippen LogP contribution in [0.3, 0.4) is 0 Å². The number of azo groups is 1. The highest BCUT2D eigenvalue weighted by atomic mass is 16.3. The zero-order valence-electron chi connectivity index (χ0n) is 11.1. The summed E-state index contributed by atoms with van der Waals surface area (Å²) in [5.74, 6) is 0.00968. The predicted molar refractivity (Wildman–Crippen MR) is 77.8 cm³/mol. The Morgan fingerprint density at radius 3 is 2.59 bits per heavy atom. The van der Waals surface area contributed by atoms with Crippen LogP contribution in [0.5, 0.6) is 5.75 Å². The fourth-order valence-electron chi connectivity index (χ4n) is 2.02. The van der Waals surface area contributed by atoms with E-state index in [-0.39, 0.29) is 23.1 Å². The molecule has 1 aromatic heterocycles. The molecule has 7 heteroatoms. The van der Waals surface area contributed by atoms with Crippen LogP contribution in [0.4, 0.5) is 11.6 Å². The third-order valence-corrected chi connectivity index (χ3v) is 3.03. The van der Waals surface area contributed by atoms with E-state index in [0.29, 0.717) is 5.69 Å². The van der Waals surface area contributed by atoms with Gasteiger partial charge in [0, 0.05) is 5.39 Å². The molecule has 0 aliphatic carbocycles. The Bertz CT molecular complexity index is 942. The summed E-state index contributed by atoms with van der Waals surface area (Å²) in [7, 11) is 0. The number of nitrogens with zero attached hydrogens (tertiary/aromatic N) is 5. The van der Waals surface area contributed by atoms with Gasteiger partial charge in [0.1, 0.15) is 23.6 Å². The largest absolute Gasteiger partial charge is 0.506 e. The van der Waals surface area contributed by atoms with Gasteiger partial charge >= 0.3 is 0 Å². The second-order valence-corrected chi connectivity index (χ2v) is 4.36. The number of fused-ring (bicyclic) bond motifs is 1. The molecule has 0 aliphatic rings. The second-order valence-electron chi connectivity index (χ2n) is 4.36. The van der Waals surface area contributed by atoms with E-state index in [0.717, 1.165) is 10.8 Å². The van der Waals surface area contributed by atoms with Crippen molar-refractivity contribution in [2.45, 2.75) is 0 Å². The van der Waals surface area contributed by atoms with Crippen molar-refractivity contribution < 1.29 is 5.11 Å². The van der Waals surface area contributed by atoms with E-state index in [1.807, 2.05) is 30.3 Å². The van der Waals surface area contributed by atoms with Crippen LogP contribution < -0.4 is 0 Å². The Hall–Kier alpha value is -3.71. The molecular weight excluding hydrogens is 280 g/mol. The van der Waals surface area contributed by atoms with Gasteiger partial charge in [0.2, 0.25) is 5.95 Å². The molecule has 0 amide bonds. The molecular formula is C15H8N6O. The number of phenols is 1. The lowest BCUT2D eigenvalue weighted by molar-refractivity contribution is 0.477. The SMILES string of the molecule is N#Cc1nc(N=Nc2c(O)ccc3ccccc23)[nH]c1C#N. The first-order valence-electron chi connectivity index (χ1n) is 6.25. The van der Waals surface area contributed by atoms with E-state index >= 15 is 0 Å². The molecule has 3 aromatic rings. The topological polar surface area (TPSA) is 121 Å². The Labute approximate surface area is 124 Å². The number of aromatic hydroxyl groups is 1. The van der Waals surface area contributed by atoms with E-state index in [2.05, 4.69) is 20.2 Å². The zero-order valence-corrected chi connectivity index (χ0v) is 11.1. The van der Waals surface area contributed by atoms with Crippen LogP contribution in [0.1, 0.15) is 11.4 Å². The average molecular weight is 288 g/mol. The lowest BCUT2D eigenvalue weighted by Crippen LogP contribution is -1.77. The van der Waals surface area contributed by atoms with E-state index < -0.39 is 0 Å². The first-order valence-corrected chi connectivity index (χ1v) is 6.25. The maximum atomic E-state index is 9.95. The fourth-order valence-corrected chi connectivity index (χ4v) is 2.02. The number of rotatable bonds is 2. The highest BCUT2D eigenvalue weighted by Gasteiger charge is 2.10. The van der Waals surface area contributed by atoms with Gasteiger partial charge in [0.25, 0.3) is 0 Å². The minimum absolute atomic E-state index is 0.0185. The molecule has 0 atom stereocenters. The first kappa shape index (κ1) is 13.3. The van der Waals surface area contributed by atoms with Crippen LogP contribution in [-0.2, 0) is 0 Å². The van der Waals surface area contributed by atoms with Gasteiger partial charge < -0.3 is 10.1 Å². The number of hydrogen-bond acceptors (Lipinski definition) is 6. The third-order valence-electron chi connectivity index (χ3n) is 3.03. The van der Waals surface area contributed by atoms with Crippen LogP contribution in [0.25, 0.3) is 10.8 Å². The molecule has 0 saturated heterocycles. The van der Waals surface area contributed by atoms with Gasteiger partial charge in [-0.1, -0.05) is 30.3 Å². The first-order chi connectivity index (χ1) is 10.7. The van der Waals surface area contributed by atoms with Gasteiger partial charge in [-0.2, -0.15) is 15.5 Å². The van der Waals surface area contributed by atoms with Crippen molar-refractivity contribution in [2.75, 3.05) is 0 Å². The Balaban J connectivity index is 2.07. The van der Waals surface area contributed by atoms with E-state index in [1.165, 1.54) is 6.07 Å². The molecule has 2 aromatic carbocycles. The van der Waals surface area contributed by atoms with E-state index in [4.69, 9.17) is 10.5 Å². The van der Waals surface area contributed by atoms with Crippen molar-refractivity contribution in [1.82, 2.24) is 9.97 Å². The minimum atomic E-state index is -0.0430. The van der Waals surface area contributed by atoms with Crippen molar-refractivity contribution in [3.63, 3.8) is 0 Å². The van der Waals surface area contributed by atoms with Gasteiger partial charge in [-0.05, 0) is 11.5 Å². The van der Waals surface area contributed by atoms with Gasteiger partial charge in [0.05, 0.1) is 0 Å². The quantitative estimate of drug-likeness (QED) is 0.701. The van der Waals surface area contributed by atoms with Crippen molar-refractivity contribution in [2.24, 2.45) is 10.2 Å². The maximum absolute atomic E-state index is 9.95. The normalized spacial score (nSPS) is 10.6. The monoisotopic (exact) mass is 288 g/mol. The number of benzene rings is 2. The highest BCUT2D eigenvalue weighted by Crippen LogP contribution is 2.35. The Morgan fingerprint density at radius 1 is 1.05 bits per heavy atom. The molecule has 0 unspecified atom stereocenters. The number of H-pyrrole nitrogens is 1. The lowest BCUT2D eigenvalue weighted by Gasteiger charge is -2.02. The summed E-state index contributed by atoms with van der Waals surface area (Å²) < 4.78 is 0. The lowest BCUT2D eigenvalue weighted by atomic mass is 10.1. The predicted octanol–water partition coefficient (Wildman–Crippen LogP) is 3.43. The van der Waals surface area contributed by atoms with Crippen LogP contribution in [0.15, 0.2) is 46.6 Å². The standard InChI is InChI=1S/C15H8N6O/c16-7-11-12(8-17)19-15(18-11)21-20-14-10-4-2-1-3-9(10)5-6-13(14)22/h1-6,22H,(H,18,19). The number of imidazole rings is 1. The van der Waals surface area contributed by atoms with Gasteiger partial charge in [-0.3, -0.25) is 0 Å². The molecule has 3 rings (SSSR count). The second kappa shape index (κ2) is 5.35.